The minimum atomic E-state index is -0.229. The second kappa shape index (κ2) is 10.2. The van der Waals surface area contributed by atoms with Crippen molar-refractivity contribution < 1.29 is 23.4 Å². The molecule has 1 atom stereocenters. The number of morpholine rings is 1. The number of carbonyl (C=O) groups is 1. The first-order valence-corrected chi connectivity index (χ1v) is 12.5. The SMILES string of the molecule is COc1ccc([C@@H](c2c(NC(=O)c3ccco3)sc3c2CCCC3)N2CCOCC2)c(OC)c1. The number of rotatable bonds is 7. The third-order valence-electron chi connectivity index (χ3n) is 6.60. The average molecular weight is 483 g/mol. The molecule has 2 aliphatic rings. The number of hydrogen-bond donors (Lipinski definition) is 1. The van der Waals surface area contributed by atoms with Crippen molar-refractivity contribution in [3.63, 3.8) is 0 Å². The highest BCUT2D eigenvalue weighted by Gasteiger charge is 2.34. The standard InChI is InChI=1S/C26H30N2O5S/c1-30-17-9-10-18(21(16-17)31-2)24(28-11-14-32-15-12-28)23-19-6-3-4-8-22(19)34-26(23)27-25(29)20-7-5-13-33-20/h5,7,9-10,13,16,24H,3-4,6,8,11-12,14-15H2,1-2H3,(H,27,29)/t24-/m0/s1. The van der Waals surface area contributed by atoms with E-state index >= 15 is 0 Å². The molecule has 5 rings (SSSR count). The first-order chi connectivity index (χ1) is 16.7. The van der Waals surface area contributed by atoms with Gasteiger partial charge >= 0.3 is 0 Å². The number of carbonyl (C=O) groups excluding carboxylic acids is 1. The molecule has 1 amide bonds. The summed E-state index contributed by atoms with van der Waals surface area (Å²) in [5, 5.41) is 4.07. The van der Waals surface area contributed by atoms with E-state index in [-0.39, 0.29) is 11.9 Å². The Morgan fingerprint density at radius 3 is 2.68 bits per heavy atom. The number of hydrogen-bond acceptors (Lipinski definition) is 7. The molecule has 0 spiro atoms. The van der Waals surface area contributed by atoms with Crippen LogP contribution >= 0.6 is 11.3 Å². The third-order valence-corrected chi connectivity index (χ3v) is 7.83. The number of nitrogens with zero attached hydrogens (tertiary/aromatic N) is 1. The predicted octanol–water partition coefficient (Wildman–Crippen LogP) is 4.91. The van der Waals surface area contributed by atoms with Crippen LogP contribution in [0.25, 0.3) is 0 Å². The summed E-state index contributed by atoms with van der Waals surface area (Å²) in [4.78, 5) is 16.8. The number of ether oxygens (including phenoxy) is 3. The second-order valence-electron chi connectivity index (χ2n) is 8.54. The first kappa shape index (κ1) is 23.0. The van der Waals surface area contributed by atoms with Gasteiger partial charge in [-0.25, -0.2) is 0 Å². The van der Waals surface area contributed by atoms with Crippen LogP contribution in [0.1, 0.15) is 51.0 Å². The Hall–Kier alpha value is -2.81. The molecule has 34 heavy (non-hydrogen) atoms. The summed E-state index contributed by atoms with van der Waals surface area (Å²) in [7, 11) is 3.35. The van der Waals surface area contributed by atoms with E-state index in [4.69, 9.17) is 18.6 Å². The maximum absolute atomic E-state index is 13.0. The molecule has 1 aromatic carbocycles. The van der Waals surface area contributed by atoms with Crippen LogP contribution in [0.2, 0.25) is 0 Å². The number of benzene rings is 1. The van der Waals surface area contributed by atoms with Crippen LogP contribution < -0.4 is 14.8 Å². The molecule has 2 aromatic heterocycles. The molecule has 1 aliphatic carbocycles. The average Bonchev–Trinajstić information content (AvgIpc) is 3.54. The van der Waals surface area contributed by atoms with Gasteiger partial charge in [-0.3, -0.25) is 9.69 Å². The fourth-order valence-corrected chi connectivity index (χ4v) is 6.28. The van der Waals surface area contributed by atoms with Crippen molar-refractivity contribution in [1.29, 1.82) is 0 Å². The van der Waals surface area contributed by atoms with Crippen LogP contribution in [0.4, 0.5) is 5.00 Å². The lowest BCUT2D eigenvalue weighted by atomic mass is 9.88. The molecule has 1 fully saturated rings. The van der Waals surface area contributed by atoms with Gasteiger partial charge in [0.05, 0.1) is 39.7 Å². The predicted molar refractivity (Wildman–Crippen MR) is 131 cm³/mol. The number of nitrogens with one attached hydrogen (secondary N) is 1. The molecular weight excluding hydrogens is 452 g/mol. The van der Waals surface area contributed by atoms with Crippen LogP contribution in [0.15, 0.2) is 41.0 Å². The summed E-state index contributed by atoms with van der Waals surface area (Å²) in [6, 6.07) is 9.34. The number of methoxy groups -OCH3 is 2. The Morgan fingerprint density at radius 2 is 1.94 bits per heavy atom. The highest BCUT2D eigenvalue weighted by molar-refractivity contribution is 7.16. The molecule has 0 bridgehead atoms. The van der Waals surface area contributed by atoms with Gasteiger partial charge in [0.25, 0.3) is 5.91 Å². The molecule has 1 aliphatic heterocycles. The smallest absolute Gasteiger partial charge is 0.291 e. The van der Waals surface area contributed by atoms with E-state index < -0.39 is 0 Å². The minimum Gasteiger partial charge on any atom is -0.497 e. The number of amides is 1. The lowest BCUT2D eigenvalue weighted by molar-refractivity contribution is 0.0235. The number of anilines is 1. The maximum Gasteiger partial charge on any atom is 0.291 e. The van der Waals surface area contributed by atoms with E-state index in [0.29, 0.717) is 19.0 Å². The molecule has 3 aromatic rings. The van der Waals surface area contributed by atoms with Crippen LogP contribution in [0.5, 0.6) is 11.5 Å². The normalized spacial score (nSPS) is 17.1. The van der Waals surface area contributed by atoms with Crippen molar-refractivity contribution in [2.45, 2.75) is 31.7 Å². The van der Waals surface area contributed by atoms with E-state index in [1.165, 1.54) is 28.7 Å². The van der Waals surface area contributed by atoms with Gasteiger partial charge in [0, 0.05) is 35.2 Å². The van der Waals surface area contributed by atoms with Crippen LogP contribution in [0, 0.1) is 0 Å². The Kier molecular flexibility index (Phi) is 6.89. The molecule has 8 heteroatoms. The van der Waals surface area contributed by atoms with Crippen molar-refractivity contribution >= 4 is 22.2 Å². The monoisotopic (exact) mass is 482 g/mol. The Morgan fingerprint density at radius 1 is 1.12 bits per heavy atom. The zero-order valence-corrected chi connectivity index (χ0v) is 20.4. The lowest BCUT2D eigenvalue weighted by Crippen LogP contribution is -2.40. The Bertz CT molecular complexity index is 1130. The summed E-state index contributed by atoms with van der Waals surface area (Å²) in [5.74, 6) is 1.60. The summed E-state index contributed by atoms with van der Waals surface area (Å²) in [5.41, 5.74) is 3.59. The van der Waals surface area contributed by atoms with E-state index in [1.807, 2.05) is 12.1 Å². The molecule has 180 valence electrons. The van der Waals surface area contributed by atoms with Crippen molar-refractivity contribution in [3.05, 3.63) is 63.9 Å². The van der Waals surface area contributed by atoms with Crippen molar-refractivity contribution in [3.8, 4) is 11.5 Å². The zero-order chi connectivity index (χ0) is 23.5. The van der Waals surface area contributed by atoms with Gasteiger partial charge in [-0.05, 0) is 55.5 Å². The summed E-state index contributed by atoms with van der Waals surface area (Å²) in [6.45, 7) is 2.96. The van der Waals surface area contributed by atoms with Gasteiger partial charge in [0.2, 0.25) is 0 Å². The van der Waals surface area contributed by atoms with E-state index in [0.717, 1.165) is 54.4 Å². The molecular formula is C26H30N2O5S. The molecule has 7 nitrogen and oxygen atoms in total. The highest BCUT2D eigenvalue weighted by Crippen LogP contribution is 2.47. The molecule has 3 heterocycles. The number of aryl methyl sites for hydroxylation is 1. The maximum atomic E-state index is 13.0. The van der Waals surface area contributed by atoms with Crippen LogP contribution in [-0.4, -0.2) is 51.3 Å². The summed E-state index contributed by atoms with van der Waals surface area (Å²) < 4.78 is 22.3. The van der Waals surface area contributed by atoms with E-state index in [9.17, 15) is 4.79 Å². The highest BCUT2D eigenvalue weighted by atomic mass is 32.1. The molecule has 1 N–H and O–H groups in total. The second-order valence-corrected chi connectivity index (χ2v) is 9.65. The summed E-state index contributed by atoms with van der Waals surface area (Å²) >= 11 is 1.70. The number of thiophene rings is 1. The van der Waals surface area contributed by atoms with Crippen LogP contribution in [-0.2, 0) is 17.6 Å². The third kappa shape index (κ3) is 4.45. The quantitative estimate of drug-likeness (QED) is 0.516. The van der Waals surface area contributed by atoms with Crippen LogP contribution in [0.3, 0.4) is 0 Å². The zero-order valence-electron chi connectivity index (χ0n) is 19.6. The largest absolute Gasteiger partial charge is 0.497 e. The topological polar surface area (TPSA) is 73.2 Å². The number of furan rings is 1. The molecule has 0 saturated carbocycles. The van der Waals surface area contributed by atoms with Gasteiger partial charge < -0.3 is 23.9 Å². The van der Waals surface area contributed by atoms with Crippen molar-refractivity contribution in [2.75, 3.05) is 45.8 Å². The summed E-state index contributed by atoms with van der Waals surface area (Å²) in [6.07, 6.45) is 5.90. The van der Waals surface area contributed by atoms with Crippen molar-refractivity contribution in [2.24, 2.45) is 0 Å². The van der Waals surface area contributed by atoms with Crippen molar-refractivity contribution in [1.82, 2.24) is 4.90 Å². The molecule has 0 unspecified atom stereocenters. The fraction of sp³-hybridized carbons (Fsp3) is 0.423. The molecule has 1 saturated heterocycles. The Labute approximate surface area is 203 Å². The van der Waals surface area contributed by atoms with Gasteiger partial charge in [-0.1, -0.05) is 0 Å². The molecule has 0 radical (unpaired) electrons. The lowest BCUT2D eigenvalue weighted by Gasteiger charge is -2.36. The van der Waals surface area contributed by atoms with Gasteiger partial charge in [-0.2, -0.15) is 0 Å². The van der Waals surface area contributed by atoms with E-state index in [1.54, 1.807) is 37.7 Å². The number of fused-ring (bicyclic) bond motifs is 1. The van der Waals surface area contributed by atoms with E-state index in [2.05, 4.69) is 16.3 Å². The fourth-order valence-electron chi connectivity index (χ4n) is 4.96. The Balaban J connectivity index is 1.65. The van der Waals surface area contributed by atoms with Gasteiger partial charge in [0.1, 0.15) is 16.5 Å². The minimum absolute atomic E-state index is 0.0743. The van der Waals surface area contributed by atoms with Gasteiger partial charge in [0.15, 0.2) is 5.76 Å². The first-order valence-electron chi connectivity index (χ1n) is 11.7. The van der Waals surface area contributed by atoms with Gasteiger partial charge in [-0.15, -0.1) is 11.3 Å².